The van der Waals surface area contributed by atoms with Crippen molar-refractivity contribution < 1.29 is 27.3 Å². The molecule has 3 nitrogen and oxygen atoms in total. The van der Waals surface area contributed by atoms with E-state index in [1.807, 2.05) is 82.4 Å². The van der Waals surface area contributed by atoms with Gasteiger partial charge in [0.05, 0.1) is 10.3 Å². The van der Waals surface area contributed by atoms with Gasteiger partial charge in [-0.1, -0.05) is 67.6 Å². The minimum Gasteiger partial charge on any atom is -0.499 e. The molecule has 3 aromatic carbocycles. The van der Waals surface area contributed by atoms with Crippen LogP contribution in [0.5, 0.6) is 0 Å². The van der Waals surface area contributed by atoms with Gasteiger partial charge in [-0.2, -0.15) is 0 Å². The van der Waals surface area contributed by atoms with Crippen molar-refractivity contribution >= 4 is 43.4 Å². The molecule has 0 saturated heterocycles. The Balaban J connectivity index is 0.000000230. The summed E-state index contributed by atoms with van der Waals surface area (Å²) in [4.78, 5) is 10.1. The van der Waals surface area contributed by atoms with Crippen molar-refractivity contribution in [1.29, 1.82) is 0 Å². The second kappa shape index (κ2) is 12.3. The number of rotatable bonds is 3. The van der Waals surface area contributed by atoms with Gasteiger partial charge in [0.25, 0.3) is 0 Å². The zero-order valence-electron chi connectivity index (χ0n) is 26.2. The topological polar surface area (TPSA) is 38.9 Å². The molecule has 4 heterocycles. The van der Waals surface area contributed by atoms with E-state index < -0.39 is 11.8 Å². The maximum atomic E-state index is 8.63. The van der Waals surface area contributed by atoms with Crippen LogP contribution in [0.25, 0.3) is 54.5 Å². The standard InChI is InChI=1S/C25H22NOS.C12H10N.Ir/c1-15-12-17-8-9-19-18-6-5-7-20(22(18)27-23(19)24(17)28-15)21-13-16(10-11-26-21)14-25(2,3)4;1-10-7-8-12(13-9-10)11-5-3-2-4-6-11;/h5-6,8-13H,14H2,1-4H3;2-5,7-9H,1H3;/q2*-1;/i14D2;;. The minimum atomic E-state index is -1.49. The predicted octanol–water partition coefficient (Wildman–Crippen LogP) is 10.4. The van der Waals surface area contributed by atoms with E-state index in [0.717, 1.165) is 43.5 Å². The number of fused-ring (bicyclic) bond motifs is 5. The third kappa shape index (κ3) is 6.39. The van der Waals surface area contributed by atoms with Gasteiger partial charge in [0.2, 0.25) is 0 Å². The number of hydrogen-bond donors (Lipinski definition) is 0. The molecule has 0 saturated carbocycles. The Kier molecular flexibility index (Phi) is 7.98. The summed E-state index contributed by atoms with van der Waals surface area (Å²) in [7, 11) is 0. The Morgan fingerprint density at radius 2 is 1.69 bits per heavy atom. The maximum absolute atomic E-state index is 8.63. The normalized spacial score (nSPS) is 12.4. The zero-order valence-corrected chi connectivity index (χ0v) is 27.4. The molecule has 5 heteroatoms. The molecule has 0 aliphatic heterocycles. The number of hydrogen-bond acceptors (Lipinski definition) is 4. The molecular formula is C37H32IrN2OS-2. The summed E-state index contributed by atoms with van der Waals surface area (Å²) in [5.74, 6) is 0. The summed E-state index contributed by atoms with van der Waals surface area (Å²) in [6.45, 7) is 9.87. The molecule has 7 rings (SSSR count). The molecule has 0 bridgehead atoms. The fourth-order valence-corrected chi connectivity index (χ4v) is 5.87. The summed E-state index contributed by atoms with van der Waals surface area (Å²) in [5, 5.41) is 3.29. The van der Waals surface area contributed by atoms with Crippen LogP contribution in [-0.2, 0) is 26.5 Å². The van der Waals surface area contributed by atoms with Crippen LogP contribution in [0.1, 0.15) is 39.5 Å². The molecule has 7 aromatic rings. The van der Waals surface area contributed by atoms with Crippen LogP contribution in [0.2, 0.25) is 0 Å². The van der Waals surface area contributed by atoms with Crippen LogP contribution in [0.4, 0.5) is 0 Å². The summed E-state index contributed by atoms with van der Waals surface area (Å²) in [5.41, 5.74) is 6.34. The van der Waals surface area contributed by atoms with Crippen LogP contribution in [0.3, 0.4) is 0 Å². The first-order chi connectivity index (χ1) is 20.5. The van der Waals surface area contributed by atoms with Crippen LogP contribution >= 0.6 is 11.3 Å². The van der Waals surface area contributed by atoms with Gasteiger partial charge in [0, 0.05) is 45.5 Å². The Morgan fingerprint density at radius 1 is 0.857 bits per heavy atom. The quantitative estimate of drug-likeness (QED) is 0.169. The Bertz CT molecular complexity index is 2060. The fraction of sp³-hybridized carbons (Fsp3) is 0.189. The predicted molar refractivity (Wildman–Crippen MR) is 172 cm³/mol. The number of thiophene rings is 1. The molecule has 0 N–H and O–H groups in total. The van der Waals surface area contributed by atoms with E-state index in [1.54, 1.807) is 23.6 Å². The maximum Gasteiger partial charge on any atom is 0.138 e. The van der Waals surface area contributed by atoms with Crippen LogP contribution in [-0.4, -0.2) is 9.97 Å². The second-order valence-corrected chi connectivity index (χ2v) is 12.5. The number of nitrogens with zero attached hydrogens (tertiary/aromatic N) is 2. The zero-order chi connectivity index (χ0) is 30.4. The number of aryl methyl sites for hydroxylation is 2. The fourth-order valence-electron chi connectivity index (χ4n) is 4.87. The van der Waals surface area contributed by atoms with Crippen molar-refractivity contribution in [3.8, 4) is 22.5 Å². The molecule has 0 spiro atoms. The minimum absolute atomic E-state index is 0. The first kappa shape index (κ1) is 27.2. The molecule has 0 amide bonds. The number of benzene rings is 3. The van der Waals surface area contributed by atoms with E-state index in [-0.39, 0.29) is 20.1 Å². The number of pyridine rings is 2. The van der Waals surface area contributed by atoms with Crippen molar-refractivity contribution in [2.24, 2.45) is 5.41 Å². The SMILES string of the molecule is Cc1ccc(-c2[c-]cccc2)nc1.[2H]C([2H])(c1ccnc(-c2[c-]ccc3c2oc2c3ccc3cc(C)sc32)c1)C(C)(C)C.[Ir]. The molecule has 1 radical (unpaired) electrons. The summed E-state index contributed by atoms with van der Waals surface area (Å²) in [6, 6.07) is 32.3. The van der Waals surface area contributed by atoms with Gasteiger partial charge in [-0.15, -0.1) is 65.4 Å². The number of furan rings is 1. The van der Waals surface area contributed by atoms with Crippen LogP contribution in [0.15, 0.2) is 95.7 Å². The third-order valence-corrected chi connectivity index (χ3v) is 7.70. The van der Waals surface area contributed by atoms with E-state index in [0.29, 0.717) is 11.3 Å². The van der Waals surface area contributed by atoms with E-state index in [4.69, 9.17) is 7.16 Å². The van der Waals surface area contributed by atoms with E-state index in [9.17, 15) is 0 Å². The number of aromatic nitrogens is 2. The molecule has 0 fully saturated rings. The second-order valence-electron chi connectivity index (χ2n) is 11.2. The largest absolute Gasteiger partial charge is 0.499 e. The molecule has 4 aromatic heterocycles. The smallest absolute Gasteiger partial charge is 0.138 e. The van der Waals surface area contributed by atoms with Gasteiger partial charge in [0.1, 0.15) is 5.58 Å². The Hall–Kier alpha value is -3.63. The van der Waals surface area contributed by atoms with E-state index in [1.165, 1.54) is 15.8 Å². The summed E-state index contributed by atoms with van der Waals surface area (Å²) in [6.07, 6.45) is 2.05. The van der Waals surface area contributed by atoms with Crippen molar-refractivity contribution in [2.75, 3.05) is 0 Å². The van der Waals surface area contributed by atoms with Crippen molar-refractivity contribution in [2.45, 2.75) is 41.0 Å². The van der Waals surface area contributed by atoms with E-state index in [2.05, 4.69) is 53.3 Å². The molecule has 42 heavy (non-hydrogen) atoms. The average Bonchev–Trinajstić information content (AvgIpc) is 3.57. The van der Waals surface area contributed by atoms with Crippen molar-refractivity contribution in [3.05, 3.63) is 119 Å². The monoisotopic (exact) mass is 747 g/mol. The van der Waals surface area contributed by atoms with Crippen molar-refractivity contribution in [3.63, 3.8) is 0 Å². The van der Waals surface area contributed by atoms with Gasteiger partial charge < -0.3 is 14.4 Å². The van der Waals surface area contributed by atoms with E-state index >= 15 is 0 Å². The first-order valence-electron chi connectivity index (χ1n) is 14.7. The molecule has 0 aliphatic rings. The molecule has 0 unspecified atom stereocenters. The molecule has 213 valence electrons. The average molecular weight is 747 g/mol. The van der Waals surface area contributed by atoms with Crippen LogP contribution < -0.4 is 0 Å². The van der Waals surface area contributed by atoms with Gasteiger partial charge in [-0.3, -0.25) is 0 Å². The van der Waals surface area contributed by atoms with Gasteiger partial charge in [-0.05, 0) is 60.1 Å². The molecule has 0 aliphatic carbocycles. The summed E-state index contributed by atoms with van der Waals surface area (Å²) >= 11 is 1.74. The van der Waals surface area contributed by atoms with Gasteiger partial charge in [-0.25, -0.2) is 0 Å². The van der Waals surface area contributed by atoms with Gasteiger partial charge >= 0.3 is 0 Å². The third-order valence-electron chi connectivity index (χ3n) is 6.64. The first-order valence-corrected chi connectivity index (χ1v) is 14.5. The Labute approximate surface area is 267 Å². The molecule has 0 atom stereocenters. The van der Waals surface area contributed by atoms with Gasteiger partial charge in [0.15, 0.2) is 0 Å². The molecular weight excluding hydrogens is 713 g/mol. The van der Waals surface area contributed by atoms with Crippen LogP contribution in [0, 0.1) is 31.4 Å². The van der Waals surface area contributed by atoms with Crippen molar-refractivity contribution in [1.82, 2.24) is 9.97 Å². The summed E-state index contributed by atoms with van der Waals surface area (Å²) < 4.78 is 24.8. The Morgan fingerprint density at radius 3 is 2.43 bits per heavy atom.